The van der Waals surface area contributed by atoms with E-state index in [0.717, 1.165) is 11.0 Å². The van der Waals surface area contributed by atoms with Crippen molar-refractivity contribution < 1.29 is 50.6 Å². The Labute approximate surface area is 163 Å². The minimum absolute atomic E-state index is 0.437. The van der Waals surface area contributed by atoms with E-state index in [0.29, 0.717) is 6.04 Å². The van der Waals surface area contributed by atoms with Crippen molar-refractivity contribution in [2.75, 3.05) is 20.1 Å². The van der Waals surface area contributed by atoms with Gasteiger partial charge in [0.2, 0.25) is 0 Å². The zero-order chi connectivity index (χ0) is 22.9. The van der Waals surface area contributed by atoms with Crippen LogP contribution in [0.1, 0.15) is 18.4 Å². The van der Waals surface area contributed by atoms with Gasteiger partial charge in [-0.25, -0.2) is 4.79 Å². The van der Waals surface area contributed by atoms with Gasteiger partial charge in [0.1, 0.15) is 12.5 Å². The number of aliphatic carboxylic acids is 2. The number of carbonyl (C=O) groups excluding carboxylic acids is 1. The van der Waals surface area contributed by atoms with Gasteiger partial charge in [-0.1, -0.05) is 30.3 Å². The molecule has 166 valence electrons. The number of quaternary nitrogens is 1. The number of carboxylic acid groups (broad SMARTS) is 2. The lowest BCUT2D eigenvalue weighted by Crippen LogP contribution is -2.51. The van der Waals surface area contributed by atoms with Crippen LogP contribution >= 0.6 is 0 Å². The van der Waals surface area contributed by atoms with Crippen LogP contribution in [0.15, 0.2) is 30.3 Å². The van der Waals surface area contributed by atoms with Gasteiger partial charge < -0.3 is 25.2 Å². The number of hydrogen-bond acceptors (Lipinski definition) is 4. The second-order valence-corrected chi connectivity index (χ2v) is 6.64. The van der Waals surface area contributed by atoms with Crippen molar-refractivity contribution in [3.8, 4) is 0 Å². The molecule has 1 aromatic rings. The molecule has 0 bridgehead atoms. The summed E-state index contributed by atoms with van der Waals surface area (Å²) < 4.78 is 64.4. The highest BCUT2D eigenvalue weighted by Gasteiger charge is 2.38. The van der Waals surface area contributed by atoms with E-state index in [-0.39, 0.29) is 0 Å². The molecular formula is C17H22F6N2O4. The first kappa shape index (κ1) is 26.7. The number of rotatable bonds is 2. The molecule has 12 heteroatoms. The molecule has 1 saturated heterocycles. The summed E-state index contributed by atoms with van der Waals surface area (Å²) in [6.45, 7) is 3.58. The number of alkyl halides is 6. The van der Waals surface area contributed by atoms with Crippen LogP contribution in [-0.4, -0.2) is 60.1 Å². The number of hydrogen-bond donors (Lipinski definition) is 2. The molecule has 1 aromatic carbocycles. The van der Waals surface area contributed by atoms with Crippen LogP contribution in [0.2, 0.25) is 0 Å². The van der Waals surface area contributed by atoms with Crippen LogP contribution in [-0.2, 0) is 16.1 Å². The number of halogens is 6. The van der Waals surface area contributed by atoms with Gasteiger partial charge in [0.25, 0.3) is 0 Å². The summed E-state index contributed by atoms with van der Waals surface area (Å²) in [5, 5.41) is 15.9. The lowest BCUT2D eigenvalue weighted by atomic mass is 10.0. The summed E-state index contributed by atoms with van der Waals surface area (Å²) in [6.07, 6.45) is -7.94. The Bertz CT molecular complexity index is 618. The number of piperidine rings is 1. The number of carbonyl (C=O) groups is 2. The third kappa shape index (κ3) is 12.0. The molecule has 0 radical (unpaired) electrons. The van der Waals surface area contributed by atoms with Crippen LogP contribution in [0.4, 0.5) is 26.3 Å². The topological polar surface area (TPSA) is 103 Å². The Kier molecular flexibility index (Phi) is 10.1. The number of likely N-dealkylation sites (tertiary alicyclic amines) is 1. The number of carboxylic acids is 2. The maximum Gasteiger partial charge on any atom is 0.490 e. The third-order valence-electron chi connectivity index (χ3n) is 3.96. The second-order valence-electron chi connectivity index (χ2n) is 6.64. The maximum atomic E-state index is 10.6. The molecule has 0 atom stereocenters. The third-order valence-corrected chi connectivity index (χ3v) is 3.96. The lowest BCUT2D eigenvalue weighted by Gasteiger charge is -2.39. The van der Waals surface area contributed by atoms with Crippen LogP contribution in [0.5, 0.6) is 0 Å². The highest BCUT2D eigenvalue weighted by atomic mass is 19.4. The molecule has 0 aromatic heterocycles. The monoisotopic (exact) mass is 432 g/mol. The zero-order valence-corrected chi connectivity index (χ0v) is 15.5. The molecular weight excluding hydrogens is 410 g/mol. The summed E-state index contributed by atoms with van der Waals surface area (Å²) >= 11 is 0. The van der Waals surface area contributed by atoms with E-state index in [2.05, 4.69) is 37.4 Å². The van der Waals surface area contributed by atoms with Crippen LogP contribution in [0.25, 0.3) is 0 Å². The number of nitrogens with two attached hydrogens (primary N) is 1. The van der Waals surface area contributed by atoms with Crippen molar-refractivity contribution in [2.24, 2.45) is 5.73 Å². The van der Waals surface area contributed by atoms with Gasteiger partial charge in [0.15, 0.2) is 0 Å². The van der Waals surface area contributed by atoms with Gasteiger partial charge in [0.05, 0.1) is 20.1 Å². The van der Waals surface area contributed by atoms with Gasteiger partial charge >= 0.3 is 18.3 Å². The van der Waals surface area contributed by atoms with Crippen LogP contribution in [0, 0.1) is 0 Å². The molecule has 1 heterocycles. The highest BCUT2D eigenvalue weighted by molar-refractivity contribution is 5.73. The molecule has 1 aliphatic rings. The van der Waals surface area contributed by atoms with Crippen molar-refractivity contribution in [2.45, 2.75) is 37.8 Å². The van der Waals surface area contributed by atoms with E-state index in [4.69, 9.17) is 25.5 Å². The highest BCUT2D eigenvalue weighted by Crippen LogP contribution is 2.19. The van der Waals surface area contributed by atoms with Crippen molar-refractivity contribution in [3.05, 3.63) is 35.9 Å². The maximum absolute atomic E-state index is 10.6. The molecule has 3 N–H and O–H groups in total. The van der Waals surface area contributed by atoms with Gasteiger partial charge in [-0.2, -0.15) is 26.3 Å². The van der Waals surface area contributed by atoms with E-state index >= 15 is 0 Å². The summed E-state index contributed by atoms with van der Waals surface area (Å²) in [5.74, 6) is -5.76. The summed E-state index contributed by atoms with van der Waals surface area (Å²) in [4.78, 5) is 17.7. The molecule has 0 amide bonds. The van der Waals surface area contributed by atoms with Crippen molar-refractivity contribution in [3.63, 3.8) is 0 Å². The van der Waals surface area contributed by atoms with E-state index in [9.17, 15) is 26.3 Å². The van der Waals surface area contributed by atoms with E-state index in [1.807, 2.05) is 0 Å². The SMILES string of the molecule is C[N+]1(Cc2ccccc2)CCC(N)CC1.O=C(O)C(F)(F)F.O=C([O-])C(F)(F)F. The zero-order valence-electron chi connectivity index (χ0n) is 15.5. The first-order valence-corrected chi connectivity index (χ1v) is 8.28. The fourth-order valence-electron chi connectivity index (χ4n) is 2.39. The average molecular weight is 432 g/mol. The van der Waals surface area contributed by atoms with Crippen molar-refractivity contribution >= 4 is 11.9 Å². The van der Waals surface area contributed by atoms with Gasteiger partial charge in [0, 0.05) is 24.4 Å². The molecule has 29 heavy (non-hydrogen) atoms. The molecule has 6 nitrogen and oxygen atoms in total. The average Bonchev–Trinajstić information content (AvgIpc) is 2.58. The summed E-state index contributed by atoms with van der Waals surface area (Å²) in [5.41, 5.74) is 7.38. The first-order valence-electron chi connectivity index (χ1n) is 8.28. The number of benzene rings is 1. The molecule has 0 saturated carbocycles. The predicted octanol–water partition coefficient (Wildman–Crippen LogP) is 1.69. The normalized spacial score (nSPS) is 21.7. The molecule has 0 unspecified atom stereocenters. The molecule has 1 aliphatic heterocycles. The second kappa shape index (κ2) is 11.0. The smallest absolute Gasteiger partial charge is 0.490 e. The van der Waals surface area contributed by atoms with Crippen molar-refractivity contribution in [1.29, 1.82) is 0 Å². The Morgan fingerprint density at radius 1 is 1.07 bits per heavy atom. The quantitative estimate of drug-likeness (QED) is 0.547. The Hall–Kier alpha value is -2.34. The largest absolute Gasteiger partial charge is 0.542 e. The fraction of sp³-hybridized carbons (Fsp3) is 0.529. The lowest BCUT2D eigenvalue weighted by molar-refractivity contribution is -0.927. The molecule has 2 rings (SSSR count). The van der Waals surface area contributed by atoms with Crippen molar-refractivity contribution in [1.82, 2.24) is 0 Å². The van der Waals surface area contributed by atoms with Gasteiger partial charge in [-0.05, 0) is 0 Å². The van der Waals surface area contributed by atoms with Crippen LogP contribution < -0.4 is 10.8 Å². The van der Waals surface area contributed by atoms with E-state index in [1.54, 1.807) is 0 Å². The van der Waals surface area contributed by atoms with Gasteiger partial charge in [-0.3, -0.25) is 0 Å². The predicted molar refractivity (Wildman–Crippen MR) is 88.0 cm³/mol. The van der Waals surface area contributed by atoms with E-state index in [1.165, 1.54) is 31.5 Å². The van der Waals surface area contributed by atoms with Gasteiger partial charge in [-0.15, -0.1) is 0 Å². The van der Waals surface area contributed by atoms with E-state index < -0.39 is 24.3 Å². The minimum atomic E-state index is -5.19. The standard InChI is InChI=1S/C13H21N2.2C2HF3O2/c1-15(9-7-13(14)8-10-15)11-12-5-3-2-4-6-12;2*3-2(4,5)1(6)7/h2-6,13H,7-11,14H2,1H3;2*(H,6,7)/q+1;;/p-1. The first-order chi connectivity index (χ1) is 13.1. The number of nitrogens with zero attached hydrogens (tertiary/aromatic N) is 1. The Balaban J connectivity index is 0.000000473. The molecule has 0 aliphatic carbocycles. The Morgan fingerprint density at radius 2 is 1.45 bits per heavy atom. The Morgan fingerprint density at radius 3 is 1.76 bits per heavy atom. The summed E-state index contributed by atoms with van der Waals surface area (Å²) in [7, 11) is 2.35. The molecule has 1 fully saturated rings. The summed E-state index contributed by atoms with van der Waals surface area (Å²) in [6, 6.07) is 11.2. The fourth-order valence-corrected chi connectivity index (χ4v) is 2.39. The van der Waals surface area contributed by atoms with Crippen LogP contribution in [0.3, 0.4) is 0 Å². The molecule has 0 spiro atoms. The minimum Gasteiger partial charge on any atom is -0.542 e.